The van der Waals surface area contributed by atoms with E-state index in [1.807, 2.05) is 0 Å². The number of carbonyl (C=O) groups excluding carboxylic acids is 1. The van der Waals surface area contributed by atoms with Gasteiger partial charge in [-0.2, -0.15) is 0 Å². The van der Waals surface area contributed by atoms with Crippen molar-refractivity contribution in [3.63, 3.8) is 0 Å². The maximum absolute atomic E-state index is 12.8. The molecule has 9 atom stereocenters. The van der Waals surface area contributed by atoms with Crippen LogP contribution in [0.25, 0.3) is 0 Å². The first kappa shape index (κ1) is 40.2. The summed E-state index contributed by atoms with van der Waals surface area (Å²) in [6.45, 7) is 17.3. The Morgan fingerprint density at radius 2 is 1.51 bits per heavy atom. The van der Waals surface area contributed by atoms with Crippen molar-refractivity contribution in [2.45, 2.75) is 189 Å². The average Bonchev–Trinajstić information content (AvgIpc) is 3.44. The normalized spacial score (nSPS) is 32.7. The van der Waals surface area contributed by atoms with Crippen molar-refractivity contribution >= 4 is 5.97 Å². The van der Waals surface area contributed by atoms with Crippen LogP contribution < -0.4 is 0 Å². The van der Waals surface area contributed by atoms with Crippen LogP contribution in [-0.4, -0.2) is 12.1 Å². The molecule has 0 aromatic rings. The Morgan fingerprint density at radius 1 is 0.816 bits per heavy atom. The standard InChI is InChI=1S/C47H78O2/c1-8-9-10-11-12-13-14-15-16-17-18-19-20-21-22-23-24-45(48)49-40-31-33-46(6)39(35-40)27-28-41-43-30-29-42(47(43,7)34-32-44(41)46)38(5)26-25-37(4)36(2)3/h9-10,12-13,15-16,27,36-38,40-44H,8,11,14,17-26,28-35H2,1-7H3/b10-9+,13-12+,16-15+. The van der Waals surface area contributed by atoms with Crippen LogP contribution >= 0.6 is 0 Å². The molecule has 3 saturated carbocycles. The van der Waals surface area contributed by atoms with Gasteiger partial charge in [0.15, 0.2) is 0 Å². The van der Waals surface area contributed by atoms with Gasteiger partial charge in [-0.25, -0.2) is 0 Å². The molecule has 4 rings (SSSR count). The zero-order chi connectivity index (χ0) is 35.3. The minimum atomic E-state index is 0.0470. The number of hydrogen-bond acceptors (Lipinski definition) is 2. The second-order valence-electron chi connectivity index (χ2n) is 18.1. The Bertz CT molecular complexity index is 1110. The Labute approximate surface area is 304 Å². The minimum absolute atomic E-state index is 0.0470. The predicted octanol–water partition coefficient (Wildman–Crippen LogP) is 14.2. The van der Waals surface area contributed by atoms with E-state index in [2.05, 4.69) is 91.0 Å². The molecule has 0 spiro atoms. The van der Waals surface area contributed by atoms with Crippen molar-refractivity contribution in [3.05, 3.63) is 48.1 Å². The quantitative estimate of drug-likeness (QED) is 0.0730. The van der Waals surface area contributed by atoms with E-state index in [-0.39, 0.29) is 12.1 Å². The third kappa shape index (κ3) is 11.0. The molecule has 0 bridgehead atoms. The number of unbranched alkanes of at least 4 members (excludes halogenated alkanes) is 6. The monoisotopic (exact) mass is 675 g/mol. The number of ether oxygens (including phenoxy) is 1. The van der Waals surface area contributed by atoms with Crippen LogP contribution in [-0.2, 0) is 9.53 Å². The molecule has 0 aliphatic heterocycles. The smallest absolute Gasteiger partial charge is 0.306 e. The number of carbonyl (C=O) groups is 1. The number of allylic oxidation sites excluding steroid dienone is 7. The van der Waals surface area contributed by atoms with E-state index < -0.39 is 0 Å². The summed E-state index contributed by atoms with van der Waals surface area (Å²) in [6.07, 6.45) is 41.7. The molecule has 278 valence electrons. The fourth-order valence-corrected chi connectivity index (χ4v) is 11.1. The first-order valence-corrected chi connectivity index (χ1v) is 21.4. The van der Waals surface area contributed by atoms with E-state index in [9.17, 15) is 4.79 Å². The van der Waals surface area contributed by atoms with Crippen LogP contribution in [0.2, 0.25) is 0 Å². The zero-order valence-corrected chi connectivity index (χ0v) is 33.3. The van der Waals surface area contributed by atoms with Gasteiger partial charge in [-0.3, -0.25) is 4.79 Å². The summed E-state index contributed by atoms with van der Waals surface area (Å²) in [5, 5.41) is 0. The summed E-state index contributed by atoms with van der Waals surface area (Å²) in [5.41, 5.74) is 2.50. The molecule has 0 radical (unpaired) electrons. The van der Waals surface area contributed by atoms with Gasteiger partial charge in [0.25, 0.3) is 0 Å². The van der Waals surface area contributed by atoms with Crippen molar-refractivity contribution in [1.82, 2.24) is 0 Å². The van der Waals surface area contributed by atoms with Crippen LogP contribution in [0.1, 0.15) is 183 Å². The average molecular weight is 675 g/mol. The Hall–Kier alpha value is -1.57. The SMILES string of the molecule is CC/C=C/C/C=C/C/C=C/CCCCCCCCC(=O)OC1CCC2(C)C(=CCC3C2CCC2(C)C(C(C)CCC(C)C(C)C)CCC32)C1. The minimum Gasteiger partial charge on any atom is -0.462 e. The van der Waals surface area contributed by atoms with Crippen LogP contribution in [0.3, 0.4) is 0 Å². The summed E-state index contributed by atoms with van der Waals surface area (Å²) in [7, 11) is 0. The lowest BCUT2D eigenvalue weighted by Gasteiger charge is -2.58. The van der Waals surface area contributed by atoms with Crippen molar-refractivity contribution < 1.29 is 9.53 Å². The molecule has 0 amide bonds. The number of fused-ring (bicyclic) bond motifs is 5. The van der Waals surface area contributed by atoms with E-state index in [1.54, 1.807) is 5.57 Å². The third-order valence-electron chi connectivity index (χ3n) is 14.6. The van der Waals surface area contributed by atoms with Gasteiger partial charge >= 0.3 is 5.97 Å². The Balaban J connectivity index is 1.12. The lowest BCUT2D eigenvalue weighted by molar-refractivity contribution is -0.151. The molecule has 9 unspecified atom stereocenters. The fraction of sp³-hybridized carbons (Fsp3) is 0.809. The molecule has 2 heteroatoms. The maximum atomic E-state index is 12.8. The lowest BCUT2D eigenvalue weighted by atomic mass is 9.47. The number of esters is 1. The van der Waals surface area contributed by atoms with Crippen molar-refractivity contribution in [1.29, 1.82) is 0 Å². The topological polar surface area (TPSA) is 26.3 Å². The molecule has 3 fully saturated rings. The van der Waals surface area contributed by atoms with Crippen molar-refractivity contribution in [3.8, 4) is 0 Å². The third-order valence-corrected chi connectivity index (χ3v) is 14.6. The van der Waals surface area contributed by atoms with Gasteiger partial charge < -0.3 is 4.74 Å². The molecule has 4 aliphatic rings. The molecule has 4 aliphatic carbocycles. The Morgan fingerprint density at radius 3 is 2.24 bits per heavy atom. The van der Waals surface area contributed by atoms with Crippen LogP contribution in [0.5, 0.6) is 0 Å². The van der Waals surface area contributed by atoms with Gasteiger partial charge in [0.1, 0.15) is 6.10 Å². The van der Waals surface area contributed by atoms with Gasteiger partial charge in [-0.15, -0.1) is 0 Å². The molecule has 0 aromatic carbocycles. The van der Waals surface area contributed by atoms with Gasteiger partial charge in [0.2, 0.25) is 0 Å². The summed E-state index contributed by atoms with van der Waals surface area (Å²) in [5.74, 6) is 6.05. The lowest BCUT2D eigenvalue weighted by Crippen LogP contribution is -2.51. The molecule has 49 heavy (non-hydrogen) atoms. The molecule has 2 nitrogen and oxygen atoms in total. The largest absolute Gasteiger partial charge is 0.462 e. The molecular weight excluding hydrogens is 597 g/mol. The second-order valence-corrected chi connectivity index (χ2v) is 18.1. The summed E-state index contributed by atoms with van der Waals surface area (Å²) in [6, 6.07) is 0. The van der Waals surface area contributed by atoms with E-state index in [1.165, 1.54) is 83.5 Å². The van der Waals surface area contributed by atoms with Crippen molar-refractivity contribution in [2.24, 2.45) is 52.3 Å². The van der Waals surface area contributed by atoms with Crippen molar-refractivity contribution in [2.75, 3.05) is 0 Å². The predicted molar refractivity (Wildman–Crippen MR) is 211 cm³/mol. The van der Waals surface area contributed by atoms with Gasteiger partial charge in [0, 0.05) is 12.8 Å². The highest BCUT2D eigenvalue weighted by molar-refractivity contribution is 5.69. The Kier molecular flexibility index (Phi) is 16.3. The second kappa shape index (κ2) is 19.9. The van der Waals surface area contributed by atoms with E-state index in [4.69, 9.17) is 4.74 Å². The highest BCUT2D eigenvalue weighted by Gasteiger charge is 2.59. The first-order chi connectivity index (χ1) is 23.6. The van der Waals surface area contributed by atoms with E-state index >= 15 is 0 Å². The van der Waals surface area contributed by atoms with E-state index in [0.29, 0.717) is 17.3 Å². The summed E-state index contributed by atoms with van der Waals surface area (Å²) >= 11 is 0. The van der Waals surface area contributed by atoms with Crippen LogP contribution in [0.15, 0.2) is 48.1 Å². The van der Waals surface area contributed by atoms with Gasteiger partial charge in [0.05, 0.1) is 0 Å². The molecular formula is C47H78O2. The summed E-state index contributed by atoms with van der Waals surface area (Å²) < 4.78 is 6.13. The molecule has 0 heterocycles. The molecule has 0 saturated heterocycles. The number of hydrogen-bond donors (Lipinski definition) is 0. The molecule has 0 N–H and O–H groups in total. The number of rotatable bonds is 20. The highest BCUT2D eigenvalue weighted by Crippen LogP contribution is 2.67. The zero-order valence-electron chi connectivity index (χ0n) is 33.3. The highest BCUT2D eigenvalue weighted by atomic mass is 16.5. The first-order valence-electron chi connectivity index (χ1n) is 21.4. The van der Waals surface area contributed by atoms with Crippen LogP contribution in [0.4, 0.5) is 0 Å². The maximum Gasteiger partial charge on any atom is 0.306 e. The molecule has 0 aromatic heterocycles. The fourth-order valence-electron chi connectivity index (χ4n) is 11.1. The summed E-state index contributed by atoms with van der Waals surface area (Å²) in [4.78, 5) is 12.8. The van der Waals surface area contributed by atoms with Crippen LogP contribution in [0, 0.1) is 52.3 Å². The van der Waals surface area contributed by atoms with E-state index in [0.717, 1.165) is 86.4 Å². The van der Waals surface area contributed by atoms with Gasteiger partial charge in [-0.05, 0) is 136 Å². The van der Waals surface area contributed by atoms with Gasteiger partial charge in [-0.1, -0.05) is 135 Å².